The molecule has 1 N–H and O–H groups in total. The number of unbranched alkanes of at least 4 members (excludes halogenated alkanes) is 1. The summed E-state index contributed by atoms with van der Waals surface area (Å²) in [6.07, 6.45) is 0.0189. The average Bonchev–Trinajstić information content (AvgIpc) is 3.29. The highest BCUT2D eigenvalue weighted by Crippen LogP contribution is 2.25. The highest BCUT2D eigenvalue weighted by atomic mass is 16.6. The summed E-state index contributed by atoms with van der Waals surface area (Å²) in [6.45, 7) is 4.31. The predicted molar refractivity (Wildman–Crippen MR) is 147 cm³/mol. The van der Waals surface area contributed by atoms with Gasteiger partial charge in [0.05, 0.1) is 12.0 Å². The predicted octanol–water partition coefficient (Wildman–Crippen LogP) is 3.84. The van der Waals surface area contributed by atoms with Crippen LogP contribution in [0.25, 0.3) is 5.57 Å². The van der Waals surface area contributed by atoms with Crippen LogP contribution in [0.2, 0.25) is 0 Å². The Bertz CT molecular complexity index is 1270. The third kappa shape index (κ3) is 7.95. The van der Waals surface area contributed by atoms with E-state index in [0.717, 1.165) is 29.0 Å². The molecule has 0 bridgehead atoms. The molecule has 0 radical (unpaired) electrons. The van der Waals surface area contributed by atoms with Gasteiger partial charge in [0, 0.05) is 25.5 Å². The van der Waals surface area contributed by atoms with Crippen LogP contribution in [0.3, 0.4) is 0 Å². The number of ketones is 2. The molecule has 0 aliphatic carbocycles. The molecule has 40 heavy (non-hydrogen) atoms. The number of cyclic esters (lactones) is 1. The summed E-state index contributed by atoms with van der Waals surface area (Å²) in [5.41, 5.74) is 2.39. The first-order valence-electron chi connectivity index (χ1n) is 13.3. The van der Waals surface area contributed by atoms with Crippen molar-refractivity contribution in [3.05, 3.63) is 77.4 Å². The van der Waals surface area contributed by atoms with Gasteiger partial charge in [-0.15, -0.1) is 0 Å². The molecular weight excluding hydrogens is 514 g/mol. The van der Waals surface area contributed by atoms with E-state index in [-0.39, 0.29) is 31.0 Å². The number of aliphatic hydroxyl groups is 1. The molecule has 2 amide bonds. The lowest BCUT2D eigenvalue weighted by Crippen LogP contribution is -2.48. The summed E-state index contributed by atoms with van der Waals surface area (Å²) in [7, 11) is 0. The molecule has 212 valence electrons. The third-order valence-corrected chi connectivity index (χ3v) is 6.66. The molecule has 0 aromatic heterocycles. The van der Waals surface area contributed by atoms with Crippen LogP contribution >= 0.6 is 0 Å². The van der Waals surface area contributed by atoms with Gasteiger partial charge in [0.2, 0.25) is 5.91 Å². The molecule has 1 aliphatic rings. The van der Waals surface area contributed by atoms with Crippen molar-refractivity contribution in [1.29, 1.82) is 0 Å². The fourth-order valence-electron chi connectivity index (χ4n) is 4.59. The van der Waals surface area contributed by atoms with Gasteiger partial charge in [-0.3, -0.25) is 19.2 Å². The van der Waals surface area contributed by atoms with Gasteiger partial charge in [0.1, 0.15) is 6.61 Å². The summed E-state index contributed by atoms with van der Waals surface area (Å²) in [5, 5.41) is 9.10. The molecule has 3 rings (SSSR count). The van der Waals surface area contributed by atoms with Crippen LogP contribution in [0.1, 0.15) is 49.8 Å². The molecule has 9 heteroatoms. The van der Waals surface area contributed by atoms with E-state index in [1.165, 1.54) is 6.92 Å². The van der Waals surface area contributed by atoms with E-state index in [0.29, 0.717) is 24.8 Å². The number of carbonyl (C=O) groups excluding carboxylic acids is 5. The average molecular weight is 550 g/mol. The Balaban J connectivity index is 1.91. The van der Waals surface area contributed by atoms with Crippen LogP contribution < -0.4 is 0 Å². The minimum Gasteiger partial charge on any atom is -0.453 e. The molecule has 0 unspecified atom stereocenters. The van der Waals surface area contributed by atoms with Gasteiger partial charge in [0.15, 0.2) is 17.7 Å². The van der Waals surface area contributed by atoms with Crippen molar-refractivity contribution in [2.24, 2.45) is 5.92 Å². The molecule has 1 saturated heterocycles. The monoisotopic (exact) mass is 549 g/mol. The summed E-state index contributed by atoms with van der Waals surface area (Å²) < 4.78 is 10.5. The molecule has 2 aromatic rings. The lowest BCUT2D eigenvalue weighted by atomic mass is 9.92. The van der Waals surface area contributed by atoms with Gasteiger partial charge >= 0.3 is 12.1 Å². The second-order valence-corrected chi connectivity index (χ2v) is 9.88. The first-order chi connectivity index (χ1) is 19.1. The lowest BCUT2D eigenvalue weighted by Gasteiger charge is -2.26. The Morgan fingerprint density at radius 3 is 2.48 bits per heavy atom. The Hall–Kier alpha value is -4.11. The van der Waals surface area contributed by atoms with E-state index in [9.17, 15) is 24.0 Å². The van der Waals surface area contributed by atoms with Crippen molar-refractivity contribution in [3.63, 3.8) is 0 Å². The maximum atomic E-state index is 13.6. The number of rotatable bonds is 13. The quantitative estimate of drug-likeness (QED) is 0.227. The van der Waals surface area contributed by atoms with Gasteiger partial charge in [-0.1, -0.05) is 60.2 Å². The normalized spacial score (nSPS) is 16.7. The number of imide groups is 1. The molecule has 0 spiro atoms. The topological polar surface area (TPSA) is 127 Å². The maximum absolute atomic E-state index is 13.6. The molecule has 1 heterocycles. The highest BCUT2D eigenvalue weighted by Gasteiger charge is 2.43. The van der Waals surface area contributed by atoms with Crippen molar-refractivity contribution >= 4 is 35.1 Å². The van der Waals surface area contributed by atoms with E-state index >= 15 is 0 Å². The molecule has 1 fully saturated rings. The zero-order valence-corrected chi connectivity index (χ0v) is 23.0. The van der Waals surface area contributed by atoms with Gasteiger partial charge in [0.25, 0.3) is 0 Å². The Labute approximate surface area is 233 Å². The van der Waals surface area contributed by atoms with Gasteiger partial charge < -0.3 is 14.6 Å². The number of allylic oxidation sites excluding steroid dienone is 1. The second-order valence-electron chi connectivity index (χ2n) is 9.88. The number of aliphatic hydroxyl groups excluding tert-OH is 1. The van der Waals surface area contributed by atoms with Crippen LogP contribution in [-0.4, -0.2) is 64.9 Å². The van der Waals surface area contributed by atoms with E-state index in [1.54, 1.807) is 18.2 Å². The number of carbonyl (C=O) groups is 5. The van der Waals surface area contributed by atoms with Crippen LogP contribution in [0.15, 0.2) is 60.7 Å². The summed E-state index contributed by atoms with van der Waals surface area (Å²) in [4.78, 5) is 65.8. The minimum atomic E-state index is -1.57. The lowest BCUT2D eigenvalue weighted by molar-refractivity contribution is -0.158. The number of hydrogen-bond acceptors (Lipinski definition) is 8. The summed E-state index contributed by atoms with van der Waals surface area (Å²) in [5.74, 6) is -3.82. The standard InChI is InChI=1S/C31H35NO8/c1-20-10-9-13-24(16-20)26(27(35)14-7-8-15-33)18-28(36)29(40-22(3)34)21(2)30(37)32-25(19-39-31(32)38)17-23-11-5-4-6-12-23/h4-6,9-13,16,18,21,25,29,33H,7-8,14-15,17,19H2,1-3H3/t21-,25-,29-/m1/s1. The molecular formula is C31H35NO8. The van der Waals surface area contributed by atoms with Gasteiger partial charge in [-0.05, 0) is 50.3 Å². The fourth-order valence-corrected chi connectivity index (χ4v) is 4.59. The molecule has 0 saturated carbocycles. The Kier molecular flexibility index (Phi) is 10.9. The summed E-state index contributed by atoms with van der Waals surface area (Å²) >= 11 is 0. The van der Waals surface area contributed by atoms with Crippen molar-refractivity contribution in [2.75, 3.05) is 13.2 Å². The zero-order chi connectivity index (χ0) is 29.2. The van der Waals surface area contributed by atoms with Gasteiger partial charge in [-0.2, -0.15) is 0 Å². The number of amides is 2. The van der Waals surface area contributed by atoms with Crippen molar-refractivity contribution in [1.82, 2.24) is 4.90 Å². The van der Waals surface area contributed by atoms with E-state index in [2.05, 4.69) is 0 Å². The van der Waals surface area contributed by atoms with Crippen molar-refractivity contribution in [3.8, 4) is 0 Å². The number of esters is 1. The minimum absolute atomic E-state index is 0.00187. The summed E-state index contributed by atoms with van der Waals surface area (Å²) in [6, 6.07) is 15.8. The SMILES string of the molecule is CC(=O)O[C@@H](C(=O)C=C(C(=O)CCCCO)c1cccc(C)c1)[C@@H](C)C(=O)N1C(=O)OC[C@H]1Cc1ccccc1. The fraction of sp³-hybridized carbons (Fsp3) is 0.387. The number of Topliss-reactive ketones (excluding diaryl/α,β-unsaturated/α-hetero) is 1. The largest absolute Gasteiger partial charge is 0.453 e. The van der Waals surface area contributed by atoms with Crippen LogP contribution in [0, 0.1) is 12.8 Å². The number of benzene rings is 2. The Morgan fingerprint density at radius 1 is 1.10 bits per heavy atom. The van der Waals surface area contributed by atoms with Crippen LogP contribution in [0.5, 0.6) is 0 Å². The number of nitrogens with zero attached hydrogens (tertiary/aromatic N) is 1. The van der Waals surface area contributed by atoms with Crippen LogP contribution in [-0.2, 0) is 35.1 Å². The van der Waals surface area contributed by atoms with E-state index in [4.69, 9.17) is 14.6 Å². The second kappa shape index (κ2) is 14.3. The van der Waals surface area contributed by atoms with Crippen molar-refractivity contribution < 1.29 is 38.6 Å². The maximum Gasteiger partial charge on any atom is 0.416 e. The van der Waals surface area contributed by atoms with E-state index < -0.39 is 41.8 Å². The Morgan fingerprint density at radius 2 is 1.82 bits per heavy atom. The molecule has 2 aromatic carbocycles. The highest BCUT2D eigenvalue weighted by molar-refractivity contribution is 6.25. The zero-order valence-electron chi connectivity index (χ0n) is 23.0. The van der Waals surface area contributed by atoms with Crippen LogP contribution in [0.4, 0.5) is 4.79 Å². The number of aryl methyl sites for hydroxylation is 1. The number of ether oxygens (including phenoxy) is 2. The number of hydrogen-bond donors (Lipinski definition) is 1. The van der Waals surface area contributed by atoms with Crippen molar-refractivity contribution in [2.45, 2.75) is 58.6 Å². The smallest absolute Gasteiger partial charge is 0.416 e. The van der Waals surface area contributed by atoms with Gasteiger partial charge in [-0.25, -0.2) is 9.69 Å². The third-order valence-electron chi connectivity index (χ3n) is 6.66. The first kappa shape index (κ1) is 30.4. The van der Waals surface area contributed by atoms with E-state index in [1.807, 2.05) is 43.3 Å². The molecule has 9 nitrogen and oxygen atoms in total. The molecule has 1 aliphatic heterocycles. The first-order valence-corrected chi connectivity index (χ1v) is 13.3. The molecule has 3 atom stereocenters.